The molecule has 3 aliphatic heterocycles. The summed E-state index contributed by atoms with van der Waals surface area (Å²) in [7, 11) is 1.46. The molecule has 2 fully saturated rings. The minimum absolute atomic E-state index is 0.0264. The summed E-state index contributed by atoms with van der Waals surface area (Å²) in [5, 5.41) is 0. The van der Waals surface area contributed by atoms with E-state index in [0.717, 1.165) is 25.6 Å². The first-order chi connectivity index (χ1) is 17.6. The number of methoxy groups -OCH3 is 1. The van der Waals surface area contributed by atoms with Gasteiger partial charge in [0.15, 0.2) is 11.9 Å². The van der Waals surface area contributed by atoms with Crippen LogP contribution in [-0.2, 0) is 19.6 Å². The van der Waals surface area contributed by atoms with E-state index >= 15 is 0 Å². The molecule has 0 bridgehead atoms. The van der Waals surface area contributed by atoms with Crippen LogP contribution < -0.4 is 4.74 Å². The van der Waals surface area contributed by atoms with Gasteiger partial charge in [0.05, 0.1) is 18.6 Å². The van der Waals surface area contributed by atoms with Crippen molar-refractivity contribution in [3.05, 3.63) is 23.3 Å². The number of rotatable bonds is 8. The number of hydrogen-bond acceptors (Lipinski definition) is 8. The number of carbonyl (C=O) groups excluding carboxylic acids is 1. The van der Waals surface area contributed by atoms with E-state index < -0.39 is 16.1 Å². The molecule has 1 amide bonds. The van der Waals surface area contributed by atoms with Gasteiger partial charge in [0.1, 0.15) is 12.4 Å². The fraction of sp³-hybridized carbons (Fsp3) is 0.692. The Kier molecular flexibility index (Phi) is 8.77. The standard InChI is InChI=1S/C26H41N5O5S/c1-19-14-22(35-5)15-20(2)25(19)37(33,34)29(4)17-24-27-23(18-36-24)26(32)31-12-10-30(11-13-31)16-21-6-8-28(3)9-7-21/h14-15,21,23H,6-13,16-18H2,1-5H3. The Balaban J connectivity index is 1.31. The first-order valence-corrected chi connectivity index (χ1v) is 14.5. The van der Waals surface area contributed by atoms with Gasteiger partial charge < -0.3 is 19.3 Å². The average molecular weight is 536 g/mol. The Labute approximate surface area is 221 Å². The first kappa shape index (κ1) is 27.8. The Hall–Kier alpha value is -2.21. The number of piperidine rings is 1. The lowest BCUT2D eigenvalue weighted by molar-refractivity contribution is -0.134. The Morgan fingerprint density at radius 1 is 1.11 bits per heavy atom. The molecule has 0 aliphatic carbocycles. The number of amides is 1. The second kappa shape index (κ2) is 11.7. The van der Waals surface area contributed by atoms with Crippen molar-refractivity contribution in [3.63, 3.8) is 0 Å². The quantitative estimate of drug-likeness (QED) is 0.494. The number of likely N-dealkylation sites (N-methyl/N-ethyl adjacent to an activating group) is 1. The van der Waals surface area contributed by atoms with E-state index in [1.165, 1.54) is 37.3 Å². The molecule has 37 heavy (non-hydrogen) atoms. The number of aryl methyl sites for hydroxylation is 2. The van der Waals surface area contributed by atoms with Gasteiger partial charge in [-0.1, -0.05) is 0 Å². The largest absolute Gasteiger partial charge is 0.497 e. The van der Waals surface area contributed by atoms with Crippen molar-refractivity contribution in [2.45, 2.75) is 37.6 Å². The molecule has 206 valence electrons. The van der Waals surface area contributed by atoms with Crippen molar-refractivity contribution < 1.29 is 22.7 Å². The summed E-state index contributed by atoms with van der Waals surface area (Å²) in [6.07, 6.45) is 2.49. The maximum Gasteiger partial charge on any atom is 0.251 e. The third-order valence-corrected chi connectivity index (χ3v) is 9.84. The molecule has 0 spiro atoms. The molecule has 1 atom stereocenters. The SMILES string of the molecule is COc1cc(C)c(S(=O)(=O)N(C)CC2=NC(C(=O)N3CCN(CC4CCN(C)CC4)CC3)CO2)c(C)c1. The highest BCUT2D eigenvalue weighted by Gasteiger charge is 2.34. The van der Waals surface area contributed by atoms with Crippen molar-refractivity contribution in [1.82, 2.24) is 19.0 Å². The van der Waals surface area contributed by atoms with Gasteiger partial charge in [0.25, 0.3) is 5.91 Å². The summed E-state index contributed by atoms with van der Waals surface area (Å²) in [5.74, 6) is 1.59. The molecule has 1 aromatic carbocycles. The van der Waals surface area contributed by atoms with Crippen molar-refractivity contribution in [2.24, 2.45) is 10.9 Å². The van der Waals surface area contributed by atoms with Gasteiger partial charge in [-0.25, -0.2) is 13.4 Å². The molecule has 0 aromatic heterocycles. The highest BCUT2D eigenvalue weighted by Crippen LogP contribution is 2.28. The highest BCUT2D eigenvalue weighted by molar-refractivity contribution is 7.89. The van der Waals surface area contributed by atoms with E-state index in [1.807, 2.05) is 4.90 Å². The van der Waals surface area contributed by atoms with E-state index in [2.05, 4.69) is 21.8 Å². The van der Waals surface area contributed by atoms with Crippen molar-refractivity contribution in [3.8, 4) is 5.75 Å². The van der Waals surface area contributed by atoms with Crippen molar-refractivity contribution in [1.29, 1.82) is 0 Å². The van der Waals surface area contributed by atoms with Crippen LogP contribution >= 0.6 is 0 Å². The number of benzene rings is 1. The molecule has 3 aliphatic rings. The molecule has 0 radical (unpaired) electrons. The summed E-state index contributed by atoms with van der Waals surface area (Å²) in [5.41, 5.74) is 1.22. The third-order valence-electron chi connectivity index (χ3n) is 7.73. The van der Waals surface area contributed by atoms with Crippen LogP contribution in [0.3, 0.4) is 0 Å². The molecule has 0 N–H and O–H groups in total. The molecule has 4 rings (SSSR count). The zero-order chi connectivity index (χ0) is 26.7. The minimum atomic E-state index is -3.78. The fourth-order valence-corrected chi connectivity index (χ4v) is 7.00. The predicted molar refractivity (Wildman–Crippen MR) is 143 cm³/mol. The number of nitrogens with zero attached hydrogens (tertiary/aromatic N) is 5. The molecule has 11 heteroatoms. The number of ether oxygens (including phenoxy) is 2. The highest BCUT2D eigenvalue weighted by atomic mass is 32.2. The summed E-state index contributed by atoms with van der Waals surface area (Å²) >= 11 is 0. The van der Waals surface area contributed by atoms with Crippen LogP contribution in [0, 0.1) is 19.8 Å². The summed E-state index contributed by atoms with van der Waals surface area (Å²) in [6.45, 7) is 10.2. The van der Waals surface area contributed by atoms with Gasteiger partial charge >= 0.3 is 0 Å². The second-order valence-electron chi connectivity index (χ2n) is 10.6. The number of hydrogen-bond donors (Lipinski definition) is 0. The van der Waals surface area contributed by atoms with E-state index in [-0.39, 0.29) is 29.9 Å². The van der Waals surface area contributed by atoms with Gasteiger partial charge in [0, 0.05) is 39.8 Å². The lowest BCUT2D eigenvalue weighted by atomic mass is 9.96. The number of aliphatic imine (C=N–C) groups is 1. The molecule has 10 nitrogen and oxygen atoms in total. The van der Waals surface area contributed by atoms with Crippen LogP contribution in [0.1, 0.15) is 24.0 Å². The first-order valence-electron chi connectivity index (χ1n) is 13.1. The van der Waals surface area contributed by atoms with E-state index in [1.54, 1.807) is 33.1 Å². The second-order valence-corrected chi connectivity index (χ2v) is 12.6. The van der Waals surface area contributed by atoms with Gasteiger partial charge in [0.2, 0.25) is 10.0 Å². The molecule has 3 heterocycles. The maximum absolute atomic E-state index is 13.3. The summed E-state index contributed by atoms with van der Waals surface area (Å²) in [4.78, 5) is 24.5. The molecule has 1 aromatic rings. The minimum Gasteiger partial charge on any atom is -0.497 e. The maximum atomic E-state index is 13.3. The third kappa shape index (κ3) is 6.45. The fourth-order valence-electron chi connectivity index (χ4n) is 5.47. The predicted octanol–water partition coefficient (Wildman–Crippen LogP) is 1.22. The Morgan fingerprint density at radius 2 is 1.73 bits per heavy atom. The number of carbonyl (C=O) groups is 1. The molecular weight excluding hydrogens is 494 g/mol. The van der Waals surface area contributed by atoms with Crippen LogP contribution in [0.25, 0.3) is 0 Å². The van der Waals surface area contributed by atoms with Crippen LogP contribution in [0.15, 0.2) is 22.0 Å². The lowest BCUT2D eigenvalue weighted by Crippen LogP contribution is -2.52. The number of sulfonamides is 1. The number of piperazine rings is 1. The Bertz CT molecular complexity index is 1090. The summed E-state index contributed by atoms with van der Waals surface area (Å²) in [6, 6.07) is 2.80. The van der Waals surface area contributed by atoms with E-state index in [4.69, 9.17) is 9.47 Å². The normalized spacial score (nSPS) is 22.3. The van der Waals surface area contributed by atoms with Crippen molar-refractivity contribution >= 4 is 21.8 Å². The average Bonchev–Trinajstić information content (AvgIpc) is 3.33. The molecular formula is C26H41N5O5S. The summed E-state index contributed by atoms with van der Waals surface area (Å²) < 4.78 is 38.8. The van der Waals surface area contributed by atoms with Crippen LogP contribution in [0.2, 0.25) is 0 Å². The smallest absolute Gasteiger partial charge is 0.251 e. The van der Waals surface area contributed by atoms with Gasteiger partial charge in [-0.15, -0.1) is 0 Å². The topological polar surface area (TPSA) is 95.0 Å². The molecule has 2 saturated heterocycles. The van der Waals surface area contributed by atoms with E-state index in [0.29, 0.717) is 30.0 Å². The van der Waals surface area contributed by atoms with Gasteiger partial charge in [-0.3, -0.25) is 9.69 Å². The monoisotopic (exact) mass is 535 g/mol. The van der Waals surface area contributed by atoms with Crippen LogP contribution in [0.4, 0.5) is 0 Å². The lowest BCUT2D eigenvalue weighted by Gasteiger charge is -2.38. The van der Waals surface area contributed by atoms with Gasteiger partial charge in [-0.05, 0) is 76.0 Å². The zero-order valence-corrected chi connectivity index (χ0v) is 23.6. The van der Waals surface area contributed by atoms with E-state index in [9.17, 15) is 13.2 Å². The number of likely N-dealkylation sites (tertiary alicyclic amines) is 1. The molecule has 1 unspecified atom stereocenters. The van der Waals surface area contributed by atoms with Gasteiger partial charge in [-0.2, -0.15) is 4.31 Å². The van der Waals surface area contributed by atoms with Crippen molar-refractivity contribution in [2.75, 3.05) is 80.2 Å². The van der Waals surface area contributed by atoms with Crippen LogP contribution in [-0.4, -0.2) is 125 Å². The Morgan fingerprint density at radius 3 is 2.32 bits per heavy atom. The zero-order valence-electron chi connectivity index (χ0n) is 22.8. The van der Waals surface area contributed by atoms with Crippen LogP contribution in [0.5, 0.6) is 5.75 Å². The molecule has 0 saturated carbocycles.